The Labute approximate surface area is 175 Å². The first-order valence-corrected chi connectivity index (χ1v) is 10.7. The molecule has 1 fully saturated rings. The number of nitrogens with one attached hydrogen (secondary N) is 2. The molecular formula is C23H26N6O. The van der Waals surface area contributed by atoms with Gasteiger partial charge in [0.2, 0.25) is 0 Å². The molecule has 0 unspecified atom stereocenters. The summed E-state index contributed by atoms with van der Waals surface area (Å²) in [6.07, 6.45) is 6.84. The molecule has 7 nitrogen and oxygen atoms in total. The lowest BCUT2D eigenvalue weighted by atomic mass is 10.1. The van der Waals surface area contributed by atoms with Crippen LogP contribution < -0.4 is 4.74 Å². The maximum absolute atomic E-state index is 6.08. The van der Waals surface area contributed by atoms with Gasteiger partial charge in [0.1, 0.15) is 24.4 Å². The van der Waals surface area contributed by atoms with E-state index >= 15 is 0 Å². The molecule has 154 valence electrons. The van der Waals surface area contributed by atoms with Gasteiger partial charge >= 0.3 is 0 Å². The topological polar surface area (TPSA) is 82.7 Å². The summed E-state index contributed by atoms with van der Waals surface area (Å²) in [5.74, 6) is 1.62. The third-order valence-electron chi connectivity index (χ3n) is 5.73. The Hall–Kier alpha value is -3.19. The Balaban J connectivity index is 1.33. The summed E-state index contributed by atoms with van der Waals surface area (Å²) in [5.41, 5.74) is 3.90. The number of nitrogens with zero attached hydrogens (tertiary/aromatic N) is 4. The third kappa shape index (κ3) is 4.07. The minimum atomic E-state index is 0.709. The van der Waals surface area contributed by atoms with Gasteiger partial charge in [-0.1, -0.05) is 25.0 Å². The van der Waals surface area contributed by atoms with Gasteiger partial charge < -0.3 is 4.74 Å². The number of benzene rings is 2. The van der Waals surface area contributed by atoms with Gasteiger partial charge in [-0.2, -0.15) is 10.2 Å². The number of fused-ring (bicyclic) bond motifs is 1. The van der Waals surface area contributed by atoms with Crippen LogP contribution in [0.15, 0.2) is 48.8 Å². The second-order valence-corrected chi connectivity index (χ2v) is 7.80. The van der Waals surface area contributed by atoms with Gasteiger partial charge in [0, 0.05) is 23.1 Å². The molecule has 7 heteroatoms. The van der Waals surface area contributed by atoms with Gasteiger partial charge in [-0.3, -0.25) is 15.1 Å². The predicted molar refractivity (Wildman–Crippen MR) is 117 cm³/mol. The number of hydrogen-bond acceptors (Lipinski definition) is 5. The van der Waals surface area contributed by atoms with Crippen molar-refractivity contribution in [3.8, 4) is 28.4 Å². The normalized spacial score (nSPS) is 15.3. The van der Waals surface area contributed by atoms with E-state index in [9.17, 15) is 0 Å². The van der Waals surface area contributed by atoms with Crippen molar-refractivity contribution >= 4 is 10.9 Å². The van der Waals surface area contributed by atoms with Crippen LogP contribution in [0.25, 0.3) is 33.5 Å². The average Bonchev–Trinajstić information content (AvgIpc) is 3.39. The first-order valence-electron chi connectivity index (χ1n) is 10.7. The molecule has 0 spiro atoms. The molecule has 0 aliphatic carbocycles. The lowest BCUT2D eigenvalue weighted by molar-refractivity contribution is 0.214. The molecule has 3 heterocycles. The fraction of sp³-hybridized carbons (Fsp3) is 0.348. The second-order valence-electron chi connectivity index (χ2n) is 7.80. The van der Waals surface area contributed by atoms with Gasteiger partial charge in [0.05, 0.1) is 5.52 Å². The first kappa shape index (κ1) is 18.8. The number of aromatic nitrogens is 5. The Morgan fingerprint density at radius 1 is 0.933 bits per heavy atom. The summed E-state index contributed by atoms with van der Waals surface area (Å²) in [7, 11) is 0. The SMILES string of the molecule is c1cc(OCCN2CCCCCC2)cc(-c2n[nH]c3ccc(-c4ncn[nH]4)cc23)c1. The van der Waals surface area contributed by atoms with Crippen LogP contribution in [0.4, 0.5) is 0 Å². The van der Waals surface area contributed by atoms with Crippen molar-refractivity contribution in [2.24, 2.45) is 0 Å². The highest BCUT2D eigenvalue weighted by molar-refractivity contribution is 5.95. The highest BCUT2D eigenvalue weighted by Gasteiger charge is 2.12. The molecule has 0 bridgehead atoms. The largest absolute Gasteiger partial charge is 0.492 e. The molecule has 1 saturated heterocycles. The third-order valence-corrected chi connectivity index (χ3v) is 5.73. The minimum absolute atomic E-state index is 0.709. The molecule has 2 aromatic carbocycles. The predicted octanol–water partition coefficient (Wildman–Crippen LogP) is 4.27. The molecule has 30 heavy (non-hydrogen) atoms. The summed E-state index contributed by atoms with van der Waals surface area (Å²) < 4.78 is 6.08. The number of ether oxygens (including phenoxy) is 1. The van der Waals surface area contributed by atoms with E-state index in [1.54, 1.807) is 0 Å². The molecule has 0 amide bonds. The first-order chi connectivity index (χ1) is 14.9. The zero-order valence-corrected chi connectivity index (χ0v) is 17.0. The lowest BCUT2D eigenvalue weighted by Crippen LogP contribution is -2.29. The van der Waals surface area contributed by atoms with Crippen LogP contribution in [0.5, 0.6) is 5.75 Å². The second kappa shape index (κ2) is 8.67. The number of rotatable bonds is 6. The van der Waals surface area contributed by atoms with Crippen molar-refractivity contribution in [1.29, 1.82) is 0 Å². The van der Waals surface area contributed by atoms with E-state index in [0.29, 0.717) is 6.61 Å². The summed E-state index contributed by atoms with van der Waals surface area (Å²) in [4.78, 5) is 6.77. The molecule has 5 rings (SSSR count). The monoisotopic (exact) mass is 402 g/mol. The van der Waals surface area contributed by atoms with E-state index in [1.165, 1.54) is 45.1 Å². The van der Waals surface area contributed by atoms with E-state index in [-0.39, 0.29) is 0 Å². The molecule has 1 aliphatic rings. The number of likely N-dealkylation sites (tertiary alicyclic amines) is 1. The molecule has 4 aromatic rings. The van der Waals surface area contributed by atoms with Crippen molar-refractivity contribution in [3.63, 3.8) is 0 Å². The van der Waals surface area contributed by atoms with E-state index in [2.05, 4.69) is 48.5 Å². The lowest BCUT2D eigenvalue weighted by Gasteiger charge is -2.19. The zero-order chi connectivity index (χ0) is 20.2. The van der Waals surface area contributed by atoms with Crippen molar-refractivity contribution < 1.29 is 4.74 Å². The zero-order valence-electron chi connectivity index (χ0n) is 17.0. The standard InChI is InChI=1S/C23H26N6O/c1-2-4-11-29(10-3-1)12-13-30-19-7-5-6-17(14-19)22-20-15-18(23-24-16-25-28-23)8-9-21(20)26-27-22/h5-9,14-16H,1-4,10-13H2,(H,26,27)(H,24,25,28). The van der Waals surface area contributed by atoms with Crippen LogP contribution >= 0.6 is 0 Å². The Morgan fingerprint density at radius 3 is 2.67 bits per heavy atom. The van der Waals surface area contributed by atoms with Gasteiger partial charge in [0.25, 0.3) is 0 Å². The summed E-state index contributed by atoms with van der Waals surface area (Å²) in [6, 6.07) is 14.3. The number of aromatic amines is 2. The smallest absolute Gasteiger partial charge is 0.155 e. The van der Waals surface area contributed by atoms with Crippen LogP contribution in [0.2, 0.25) is 0 Å². The van der Waals surface area contributed by atoms with Crippen LogP contribution in [0.1, 0.15) is 25.7 Å². The van der Waals surface area contributed by atoms with E-state index in [0.717, 1.165) is 45.8 Å². The molecule has 2 N–H and O–H groups in total. The van der Waals surface area contributed by atoms with Crippen LogP contribution in [0, 0.1) is 0 Å². The molecule has 1 aliphatic heterocycles. The van der Waals surface area contributed by atoms with Crippen LogP contribution in [-0.4, -0.2) is 56.5 Å². The summed E-state index contributed by atoms with van der Waals surface area (Å²) >= 11 is 0. The van der Waals surface area contributed by atoms with Crippen molar-refractivity contribution in [2.45, 2.75) is 25.7 Å². The van der Waals surface area contributed by atoms with Crippen molar-refractivity contribution in [3.05, 3.63) is 48.8 Å². The Kier molecular flexibility index (Phi) is 5.44. The molecule has 0 radical (unpaired) electrons. The molecular weight excluding hydrogens is 376 g/mol. The minimum Gasteiger partial charge on any atom is -0.492 e. The molecule has 0 atom stereocenters. The fourth-order valence-corrected chi connectivity index (χ4v) is 4.11. The highest BCUT2D eigenvalue weighted by atomic mass is 16.5. The van der Waals surface area contributed by atoms with E-state index < -0.39 is 0 Å². The van der Waals surface area contributed by atoms with Crippen LogP contribution in [-0.2, 0) is 0 Å². The van der Waals surface area contributed by atoms with Crippen molar-refractivity contribution in [1.82, 2.24) is 30.3 Å². The number of hydrogen-bond donors (Lipinski definition) is 2. The Bertz CT molecular complexity index is 1100. The van der Waals surface area contributed by atoms with Gasteiger partial charge in [-0.25, -0.2) is 4.98 Å². The van der Waals surface area contributed by atoms with E-state index in [4.69, 9.17) is 4.74 Å². The maximum Gasteiger partial charge on any atom is 0.155 e. The summed E-state index contributed by atoms with van der Waals surface area (Å²) in [6.45, 7) is 4.07. The van der Waals surface area contributed by atoms with Gasteiger partial charge in [-0.05, 0) is 56.3 Å². The number of H-pyrrole nitrogens is 2. The van der Waals surface area contributed by atoms with Gasteiger partial charge in [0.15, 0.2) is 5.82 Å². The summed E-state index contributed by atoms with van der Waals surface area (Å²) in [5, 5.41) is 15.6. The van der Waals surface area contributed by atoms with Gasteiger partial charge in [-0.15, -0.1) is 0 Å². The van der Waals surface area contributed by atoms with Crippen LogP contribution in [0.3, 0.4) is 0 Å². The quantitative estimate of drug-likeness (QED) is 0.503. The molecule has 2 aromatic heterocycles. The van der Waals surface area contributed by atoms with E-state index in [1.807, 2.05) is 24.3 Å². The average molecular weight is 403 g/mol. The molecule has 0 saturated carbocycles. The van der Waals surface area contributed by atoms with Crippen molar-refractivity contribution in [2.75, 3.05) is 26.2 Å². The fourth-order valence-electron chi connectivity index (χ4n) is 4.11. The maximum atomic E-state index is 6.08. The Morgan fingerprint density at radius 2 is 1.83 bits per heavy atom. The highest BCUT2D eigenvalue weighted by Crippen LogP contribution is 2.31.